The number of amides is 2. The smallest absolute Gasteiger partial charge is 0.242 e. The zero-order valence-electron chi connectivity index (χ0n) is 12.0. The molecule has 1 heterocycles. The van der Waals surface area contributed by atoms with Crippen LogP contribution in [0.2, 0.25) is 0 Å². The number of ether oxygens (including phenoxy) is 1. The maximum Gasteiger partial charge on any atom is 0.242 e. The van der Waals surface area contributed by atoms with E-state index in [-0.39, 0.29) is 23.8 Å². The fraction of sp³-hybridized carbons (Fsp3) is 0.846. The largest absolute Gasteiger partial charge is 0.379 e. The van der Waals surface area contributed by atoms with Crippen LogP contribution in [0.1, 0.15) is 27.2 Å². The molecule has 2 amide bonds. The van der Waals surface area contributed by atoms with Crippen LogP contribution in [-0.4, -0.2) is 50.2 Å². The Morgan fingerprint density at radius 3 is 2.68 bits per heavy atom. The first-order chi connectivity index (χ1) is 9.10. The predicted molar refractivity (Wildman–Crippen MR) is 72.7 cm³/mol. The van der Waals surface area contributed by atoms with E-state index in [4.69, 9.17) is 4.74 Å². The minimum atomic E-state index is -0.514. The summed E-state index contributed by atoms with van der Waals surface area (Å²) in [5, 5.41) is 8.73. The molecule has 6 nitrogen and oxygen atoms in total. The van der Waals surface area contributed by atoms with Crippen molar-refractivity contribution in [2.24, 2.45) is 5.92 Å². The first-order valence-corrected chi connectivity index (χ1v) is 6.99. The highest BCUT2D eigenvalue weighted by molar-refractivity contribution is 5.88. The van der Waals surface area contributed by atoms with Crippen LogP contribution in [0.15, 0.2) is 0 Å². The zero-order chi connectivity index (χ0) is 14.3. The third kappa shape index (κ3) is 4.80. The Bertz CT molecular complexity index is 310. The molecule has 0 radical (unpaired) electrons. The maximum absolute atomic E-state index is 12.1. The number of hydrogen-bond acceptors (Lipinski definition) is 4. The topological polar surface area (TPSA) is 79.5 Å². The van der Waals surface area contributed by atoms with Crippen LogP contribution in [0.25, 0.3) is 0 Å². The molecule has 110 valence electrons. The van der Waals surface area contributed by atoms with Crippen molar-refractivity contribution in [1.29, 1.82) is 0 Å². The molecule has 0 aromatic carbocycles. The number of likely N-dealkylation sites (N-methyl/N-ethyl adjacent to an activating group) is 1. The predicted octanol–water partition coefficient (Wildman–Crippen LogP) is -0.358. The summed E-state index contributed by atoms with van der Waals surface area (Å²) in [5.41, 5.74) is 0. The molecule has 3 atom stereocenters. The van der Waals surface area contributed by atoms with E-state index in [2.05, 4.69) is 22.9 Å². The normalized spacial score (nSPS) is 23.9. The second-order valence-corrected chi connectivity index (χ2v) is 4.83. The van der Waals surface area contributed by atoms with Gasteiger partial charge in [-0.05, 0) is 26.8 Å². The first kappa shape index (κ1) is 15.9. The first-order valence-electron chi connectivity index (χ1n) is 6.99. The van der Waals surface area contributed by atoms with E-state index in [9.17, 15) is 9.59 Å². The Hall–Kier alpha value is -1.14. The second-order valence-electron chi connectivity index (χ2n) is 4.83. The van der Waals surface area contributed by atoms with Gasteiger partial charge >= 0.3 is 0 Å². The molecule has 0 aliphatic carbocycles. The van der Waals surface area contributed by atoms with E-state index in [0.717, 1.165) is 13.0 Å². The Balaban J connectivity index is 2.45. The van der Waals surface area contributed by atoms with Gasteiger partial charge in [-0.3, -0.25) is 9.59 Å². The lowest BCUT2D eigenvalue weighted by atomic mass is 10.0. The summed E-state index contributed by atoms with van der Waals surface area (Å²) >= 11 is 0. The van der Waals surface area contributed by atoms with Gasteiger partial charge in [0.25, 0.3) is 0 Å². The minimum Gasteiger partial charge on any atom is -0.379 e. The summed E-state index contributed by atoms with van der Waals surface area (Å²) in [6, 6.07) is -0.471. The van der Waals surface area contributed by atoms with Crippen molar-refractivity contribution in [2.45, 2.75) is 39.3 Å². The van der Waals surface area contributed by atoms with Gasteiger partial charge in [-0.1, -0.05) is 6.92 Å². The number of carbonyl (C=O) groups excluding carboxylic acids is 2. The molecule has 3 N–H and O–H groups in total. The Morgan fingerprint density at radius 2 is 2.05 bits per heavy atom. The average Bonchev–Trinajstić information content (AvgIpc) is 2.84. The summed E-state index contributed by atoms with van der Waals surface area (Å²) in [6.07, 6.45) is 1.01. The van der Waals surface area contributed by atoms with E-state index in [1.807, 2.05) is 6.92 Å². The molecule has 3 unspecified atom stereocenters. The molecule has 6 heteroatoms. The van der Waals surface area contributed by atoms with Crippen molar-refractivity contribution in [1.82, 2.24) is 16.0 Å². The minimum absolute atomic E-state index is 0.0430. The van der Waals surface area contributed by atoms with Gasteiger partial charge in [-0.15, -0.1) is 0 Å². The molecular weight excluding hydrogens is 246 g/mol. The third-order valence-electron chi connectivity index (χ3n) is 3.18. The van der Waals surface area contributed by atoms with Gasteiger partial charge in [0.1, 0.15) is 6.04 Å². The van der Waals surface area contributed by atoms with Crippen LogP contribution >= 0.6 is 0 Å². The highest BCUT2D eigenvalue weighted by Crippen LogP contribution is 2.14. The van der Waals surface area contributed by atoms with Crippen molar-refractivity contribution in [3.05, 3.63) is 0 Å². The van der Waals surface area contributed by atoms with Gasteiger partial charge in [-0.2, -0.15) is 0 Å². The molecule has 0 spiro atoms. The molecule has 1 fully saturated rings. The Kier molecular flexibility index (Phi) is 6.80. The van der Waals surface area contributed by atoms with Crippen LogP contribution in [-0.2, 0) is 14.3 Å². The monoisotopic (exact) mass is 271 g/mol. The lowest BCUT2D eigenvalue weighted by Crippen LogP contribution is -2.50. The quantitative estimate of drug-likeness (QED) is 0.591. The van der Waals surface area contributed by atoms with E-state index in [1.165, 1.54) is 0 Å². The molecular formula is C13H25N3O3. The summed E-state index contributed by atoms with van der Waals surface area (Å²) in [5.74, 6) is -0.499. The van der Waals surface area contributed by atoms with E-state index < -0.39 is 6.04 Å². The van der Waals surface area contributed by atoms with Gasteiger partial charge in [0, 0.05) is 12.6 Å². The van der Waals surface area contributed by atoms with Crippen molar-refractivity contribution < 1.29 is 14.3 Å². The maximum atomic E-state index is 12.1. The highest BCUT2D eigenvalue weighted by atomic mass is 16.5. The molecule has 0 saturated carbocycles. The molecule has 1 rings (SSSR count). The van der Waals surface area contributed by atoms with E-state index >= 15 is 0 Å². The molecule has 0 aromatic rings. The standard InChI is InChI=1S/C13H25N3O3/c1-4-6-15-11-8-19-7-10(11)13(18)16-9(3)12(17)14-5-2/h9-11,15H,4-8H2,1-3H3,(H,14,17)(H,16,18). The molecule has 1 aliphatic heterocycles. The van der Waals surface area contributed by atoms with Crippen LogP contribution in [0.3, 0.4) is 0 Å². The third-order valence-corrected chi connectivity index (χ3v) is 3.18. The number of hydrogen-bond donors (Lipinski definition) is 3. The lowest BCUT2D eigenvalue weighted by Gasteiger charge is -2.20. The highest BCUT2D eigenvalue weighted by Gasteiger charge is 2.34. The number of carbonyl (C=O) groups is 2. The fourth-order valence-corrected chi connectivity index (χ4v) is 2.06. The molecule has 0 bridgehead atoms. The SMILES string of the molecule is CCCNC1COCC1C(=O)NC(C)C(=O)NCC. The fourth-order valence-electron chi connectivity index (χ4n) is 2.06. The van der Waals surface area contributed by atoms with Gasteiger partial charge in [-0.25, -0.2) is 0 Å². The second kappa shape index (κ2) is 8.12. The average molecular weight is 271 g/mol. The van der Waals surface area contributed by atoms with Crippen molar-refractivity contribution in [3.8, 4) is 0 Å². The van der Waals surface area contributed by atoms with Crippen molar-refractivity contribution >= 4 is 11.8 Å². The molecule has 1 saturated heterocycles. The van der Waals surface area contributed by atoms with Gasteiger partial charge in [0.15, 0.2) is 0 Å². The summed E-state index contributed by atoms with van der Waals surface area (Å²) < 4.78 is 5.35. The Morgan fingerprint density at radius 1 is 1.32 bits per heavy atom. The van der Waals surface area contributed by atoms with E-state index in [1.54, 1.807) is 6.92 Å². The van der Waals surface area contributed by atoms with Crippen molar-refractivity contribution in [2.75, 3.05) is 26.3 Å². The van der Waals surface area contributed by atoms with E-state index in [0.29, 0.717) is 19.8 Å². The van der Waals surface area contributed by atoms with Crippen LogP contribution < -0.4 is 16.0 Å². The van der Waals surface area contributed by atoms with Crippen LogP contribution in [0, 0.1) is 5.92 Å². The number of nitrogens with one attached hydrogen (secondary N) is 3. The number of rotatable bonds is 7. The van der Waals surface area contributed by atoms with Gasteiger partial charge in [0.05, 0.1) is 19.1 Å². The molecule has 0 aromatic heterocycles. The molecule has 1 aliphatic rings. The van der Waals surface area contributed by atoms with Crippen LogP contribution in [0.4, 0.5) is 0 Å². The molecule has 19 heavy (non-hydrogen) atoms. The zero-order valence-corrected chi connectivity index (χ0v) is 12.0. The van der Waals surface area contributed by atoms with Crippen molar-refractivity contribution in [3.63, 3.8) is 0 Å². The van der Waals surface area contributed by atoms with Gasteiger partial charge in [0.2, 0.25) is 11.8 Å². The summed E-state index contributed by atoms with van der Waals surface area (Å²) in [7, 11) is 0. The van der Waals surface area contributed by atoms with Gasteiger partial charge < -0.3 is 20.7 Å². The Labute approximate surface area is 114 Å². The lowest BCUT2D eigenvalue weighted by molar-refractivity contribution is -0.131. The summed E-state index contributed by atoms with van der Waals surface area (Å²) in [6.45, 7) is 8.00. The summed E-state index contributed by atoms with van der Waals surface area (Å²) in [4.78, 5) is 23.7. The van der Waals surface area contributed by atoms with Crippen LogP contribution in [0.5, 0.6) is 0 Å².